The van der Waals surface area contributed by atoms with Crippen molar-refractivity contribution < 1.29 is 19.1 Å². The predicted molar refractivity (Wildman–Crippen MR) is 173 cm³/mol. The van der Waals surface area contributed by atoms with Gasteiger partial charge in [0.25, 0.3) is 0 Å². The van der Waals surface area contributed by atoms with Crippen molar-refractivity contribution in [3.63, 3.8) is 0 Å². The van der Waals surface area contributed by atoms with Gasteiger partial charge in [-0.3, -0.25) is 4.79 Å². The van der Waals surface area contributed by atoms with Crippen molar-refractivity contribution in [2.75, 3.05) is 0 Å². The van der Waals surface area contributed by atoms with E-state index in [2.05, 4.69) is 53.9 Å². The summed E-state index contributed by atoms with van der Waals surface area (Å²) in [6, 6.07) is 0. The number of rotatable bonds is 9. The first-order valence-corrected chi connectivity index (χ1v) is 17.4. The number of fused-ring (bicyclic) bond motifs is 2. The molecule has 4 heteroatoms. The highest BCUT2D eigenvalue weighted by atomic mass is 16.5. The molecule has 5 fully saturated rings. The van der Waals surface area contributed by atoms with Crippen LogP contribution in [0.5, 0.6) is 0 Å². The van der Waals surface area contributed by atoms with Crippen LogP contribution in [-0.4, -0.2) is 31.1 Å². The maximum Gasteiger partial charge on any atom is 0.145 e. The van der Waals surface area contributed by atoms with E-state index in [0.29, 0.717) is 52.4 Å². The van der Waals surface area contributed by atoms with E-state index in [-0.39, 0.29) is 11.5 Å². The second-order valence-corrected chi connectivity index (χ2v) is 16.8. The van der Waals surface area contributed by atoms with Crippen LogP contribution >= 0.6 is 0 Å². The molecule has 4 saturated carbocycles. The molecule has 1 aliphatic heterocycles. The summed E-state index contributed by atoms with van der Waals surface area (Å²) in [4.78, 5) is 37.2. The lowest BCUT2D eigenvalue weighted by molar-refractivity contribution is -0.119. The summed E-state index contributed by atoms with van der Waals surface area (Å²) in [6.45, 7) is 21.2. The fraction of sp³-hybridized carbons (Fsp3) is 0.769. The molecule has 0 bridgehead atoms. The molecule has 0 aromatic heterocycles. The zero-order valence-corrected chi connectivity index (χ0v) is 27.7. The van der Waals surface area contributed by atoms with Crippen molar-refractivity contribution in [1.29, 1.82) is 0 Å². The summed E-state index contributed by atoms with van der Waals surface area (Å²) in [6.07, 6.45) is 18.0. The molecule has 1 saturated heterocycles. The molecule has 0 radical (unpaired) electrons. The molecule has 0 spiro atoms. The third-order valence-electron chi connectivity index (χ3n) is 13.7. The fourth-order valence-electron chi connectivity index (χ4n) is 11.3. The summed E-state index contributed by atoms with van der Waals surface area (Å²) in [5.74, 6) is 1.58. The van der Waals surface area contributed by atoms with Crippen LogP contribution in [0, 0.1) is 57.7 Å². The van der Waals surface area contributed by atoms with Crippen LogP contribution < -0.4 is 0 Å². The summed E-state index contributed by atoms with van der Waals surface area (Å²) in [5.41, 5.74) is 4.14. The minimum Gasteiger partial charge on any atom is -0.373 e. The van der Waals surface area contributed by atoms with Gasteiger partial charge in [-0.2, -0.15) is 0 Å². The number of aldehydes is 3. The highest BCUT2D eigenvalue weighted by Gasteiger charge is 2.53. The summed E-state index contributed by atoms with van der Waals surface area (Å²) in [7, 11) is 0. The zero-order chi connectivity index (χ0) is 31.2. The Labute approximate surface area is 261 Å². The highest BCUT2D eigenvalue weighted by Crippen LogP contribution is 2.62. The van der Waals surface area contributed by atoms with Crippen LogP contribution in [0.3, 0.4) is 0 Å². The monoisotopic (exact) mass is 590 g/mol. The molecule has 10 atom stereocenters. The first-order chi connectivity index (χ1) is 20.4. The normalized spacial score (nSPS) is 42.5. The molecule has 0 unspecified atom stereocenters. The highest BCUT2D eigenvalue weighted by molar-refractivity contribution is 5.74. The van der Waals surface area contributed by atoms with Crippen LogP contribution in [0.4, 0.5) is 0 Å². The third kappa shape index (κ3) is 6.08. The molecule has 238 valence electrons. The molecule has 0 N–H and O–H groups in total. The van der Waals surface area contributed by atoms with E-state index in [1.165, 1.54) is 62.5 Å². The quantitative estimate of drug-likeness (QED) is 0.153. The second kappa shape index (κ2) is 12.5. The minimum atomic E-state index is -0.521. The van der Waals surface area contributed by atoms with Crippen LogP contribution in [0.2, 0.25) is 0 Å². The van der Waals surface area contributed by atoms with Gasteiger partial charge in [-0.25, -0.2) is 0 Å². The average Bonchev–Trinajstić information content (AvgIpc) is 3.28. The van der Waals surface area contributed by atoms with E-state index in [4.69, 9.17) is 4.74 Å². The Hall–Kier alpha value is -1.81. The minimum absolute atomic E-state index is 0.193. The van der Waals surface area contributed by atoms with E-state index >= 15 is 0 Å². The van der Waals surface area contributed by atoms with Gasteiger partial charge < -0.3 is 14.3 Å². The number of carbonyl (C=O) groups is 3. The van der Waals surface area contributed by atoms with Gasteiger partial charge in [-0.05, 0) is 116 Å². The Kier molecular flexibility index (Phi) is 9.49. The summed E-state index contributed by atoms with van der Waals surface area (Å²) < 4.78 is 6.61. The number of carbonyl (C=O) groups excluding carboxylic acids is 3. The SMILES string of the molecule is C=C1CC[C@@H]2[C@H](CCCC2(C)C)[C@H]1C[C@H]1O[C@H](C/C(C=O)=C\C[C@H]2C(=C)CC[C@H]3C(C)(C)CCC[C@]23C)[C@H](C=O)[C@H]1C=O. The number of allylic oxidation sites excluding steroid dienone is 3. The predicted octanol–water partition coefficient (Wildman–Crippen LogP) is 8.89. The topological polar surface area (TPSA) is 60.4 Å². The van der Waals surface area contributed by atoms with Crippen molar-refractivity contribution in [1.82, 2.24) is 0 Å². The standard InChI is InChI=1S/C39H58O4/c1-25-11-14-33-28(10-8-17-37(33,3)4)29(25)21-35-31(24-42)30(23-41)34(43-35)20-27(22-40)13-15-32-26(2)12-16-36-38(5,6)18-9-19-39(32,36)7/h13,22-24,28-36H,1-2,8-12,14-21H2,3-7H3/b27-13+/t28-,29+,30-,31-,32+,33-,34-,35-,36+,39-/m1/s1. The molecular formula is C39H58O4. The van der Waals surface area contributed by atoms with E-state index in [9.17, 15) is 14.4 Å². The molecule has 0 aromatic rings. The molecule has 4 aliphatic carbocycles. The molecule has 0 aromatic carbocycles. The van der Waals surface area contributed by atoms with Crippen LogP contribution in [0.15, 0.2) is 36.0 Å². The Morgan fingerprint density at radius 3 is 2.21 bits per heavy atom. The lowest BCUT2D eigenvalue weighted by Gasteiger charge is -2.58. The van der Waals surface area contributed by atoms with Crippen LogP contribution in [0.25, 0.3) is 0 Å². The average molecular weight is 591 g/mol. The van der Waals surface area contributed by atoms with Crippen molar-refractivity contribution in [2.24, 2.45) is 57.7 Å². The van der Waals surface area contributed by atoms with Gasteiger partial charge in [0, 0.05) is 6.42 Å². The van der Waals surface area contributed by atoms with Crippen molar-refractivity contribution in [3.05, 3.63) is 36.0 Å². The van der Waals surface area contributed by atoms with Crippen molar-refractivity contribution in [2.45, 2.75) is 130 Å². The van der Waals surface area contributed by atoms with Gasteiger partial charge in [0.15, 0.2) is 0 Å². The first kappa shape index (κ1) is 32.6. The number of hydrogen-bond acceptors (Lipinski definition) is 4. The molecule has 1 heterocycles. The first-order valence-electron chi connectivity index (χ1n) is 17.4. The lowest BCUT2D eigenvalue weighted by Crippen LogP contribution is -2.49. The lowest BCUT2D eigenvalue weighted by atomic mass is 9.47. The maximum absolute atomic E-state index is 12.4. The van der Waals surface area contributed by atoms with Gasteiger partial charge in [0.1, 0.15) is 18.9 Å². The van der Waals surface area contributed by atoms with Gasteiger partial charge in [0.05, 0.1) is 24.0 Å². The summed E-state index contributed by atoms with van der Waals surface area (Å²) >= 11 is 0. The third-order valence-corrected chi connectivity index (χ3v) is 13.7. The molecule has 0 amide bonds. The Balaban J connectivity index is 1.31. The Morgan fingerprint density at radius 1 is 0.837 bits per heavy atom. The molecule has 5 aliphatic rings. The van der Waals surface area contributed by atoms with Gasteiger partial charge in [-0.1, -0.05) is 77.8 Å². The molecular weight excluding hydrogens is 532 g/mol. The van der Waals surface area contributed by atoms with Crippen LogP contribution in [-0.2, 0) is 19.1 Å². The van der Waals surface area contributed by atoms with Gasteiger partial charge in [-0.15, -0.1) is 0 Å². The number of ether oxygens (including phenoxy) is 1. The van der Waals surface area contributed by atoms with Crippen molar-refractivity contribution >= 4 is 18.9 Å². The molecule has 43 heavy (non-hydrogen) atoms. The Morgan fingerprint density at radius 2 is 1.51 bits per heavy atom. The summed E-state index contributed by atoms with van der Waals surface area (Å²) in [5, 5.41) is 0. The van der Waals surface area contributed by atoms with Crippen molar-refractivity contribution in [3.8, 4) is 0 Å². The van der Waals surface area contributed by atoms with Gasteiger partial charge in [0.2, 0.25) is 0 Å². The second-order valence-electron chi connectivity index (χ2n) is 16.8. The molecule has 5 rings (SSSR count). The Bertz CT molecular complexity index is 1130. The smallest absolute Gasteiger partial charge is 0.145 e. The molecule has 4 nitrogen and oxygen atoms in total. The van der Waals surface area contributed by atoms with E-state index in [1.807, 2.05) is 0 Å². The van der Waals surface area contributed by atoms with Crippen LogP contribution in [0.1, 0.15) is 118 Å². The largest absolute Gasteiger partial charge is 0.373 e. The maximum atomic E-state index is 12.4. The van der Waals surface area contributed by atoms with E-state index in [1.54, 1.807) is 0 Å². The van der Waals surface area contributed by atoms with Gasteiger partial charge >= 0.3 is 0 Å². The van der Waals surface area contributed by atoms with E-state index < -0.39 is 17.9 Å². The number of hydrogen-bond donors (Lipinski definition) is 0. The van der Waals surface area contributed by atoms with E-state index in [0.717, 1.165) is 44.5 Å². The zero-order valence-electron chi connectivity index (χ0n) is 27.7. The fourth-order valence-corrected chi connectivity index (χ4v) is 11.3.